The standard InChI is InChI=1S/C18H18BrF3N4S/c1-3-5-14(27)23-17-24-16-15(10(2)13(19)9-26(16)25-17)11-6-4-7-12(8-11)18(20,21)22/h4,6-9,14,27H,3,5H2,1-2H3,(H,23,25). The Bertz CT molecular complexity index is 971. The van der Waals surface area contributed by atoms with Gasteiger partial charge in [0.15, 0.2) is 5.65 Å². The van der Waals surface area contributed by atoms with Crippen LogP contribution in [-0.2, 0) is 6.18 Å². The second-order valence-electron chi connectivity index (χ2n) is 6.21. The highest BCUT2D eigenvalue weighted by molar-refractivity contribution is 9.10. The van der Waals surface area contributed by atoms with Crippen molar-refractivity contribution in [2.24, 2.45) is 0 Å². The SMILES string of the molecule is CCCC(S)Nc1nc2c(-c3cccc(C(F)(F)F)c3)c(C)c(Br)cn2n1. The molecular weight excluding hydrogens is 441 g/mol. The molecular formula is C18H18BrF3N4S. The Morgan fingerprint density at radius 1 is 1.33 bits per heavy atom. The highest BCUT2D eigenvalue weighted by Gasteiger charge is 2.31. The van der Waals surface area contributed by atoms with Gasteiger partial charge in [-0.2, -0.15) is 30.8 Å². The molecule has 0 amide bonds. The lowest BCUT2D eigenvalue weighted by atomic mass is 10.00. The van der Waals surface area contributed by atoms with Crippen molar-refractivity contribution in [1.82, 2.24) is 14.6 Å². The number of benzene rings is 1. The highest BCUT2D eigenvalue weighted by atomic mass is 79.9. The van der Waals surface area contributed by atoms with Crippen molar-refractivity contribution in [3.63, 3.8) is 0 Å². The Morgan fingerprint density at radius 2 is 2.07 bits per heavy atom. The van der Waals surface area contributed by atoms with Crippen LogP contribution in [0, 0.1) is 6.92 Å². The van der Waals surface area contributed by atoms with Gasteiger partial charge in [-0.25, -0.2) is 4.52 Å². The number of alkyl halides is 3. The fraction of sp³-hybridized carbons (Fsp3) is 0.333. The Balaban J connectivity index is 2.14. The molecule has 1 aromatic carbocycles. The normalized spacial score (nSPS) is 13.1. The lowest BCUT2D eigenvalue weighted by Crippen LogP contribution is -2.12. The minimum atomic E-state index is -4.41. The smallest absolute Gasteiger partial charge is 0.341 e. The molecule has 0 spiro atoms. The summed E-state index contributed by atoms with van der Waals surface area (Å²) in [5.74, 6) is 0.383. The van der Waals surface area contributed by atoms with E-state index in [1.165, 1.54) is 6.07 Å². The number of nitrogens with one attached hydrogen (secondary N) is 1. The summed E-state index contributed by atoms with van der Waals surface area (Å²) in [7, 11) is 0. The van der Waals surface area contributed by atoms with E-state index in [2.05, 4.69) is 44.0 Å². The van der Waals surface area contributed by atoms with Gasteiger partial charge in [0.2, 0.25) is 5.95 Å². The van der Waals surface area contributed by atoms with Crippen molar-refractivity contribution in [1.29, 1.82) is 0 Å². The van der Waals surface area contributed by atoms with Crippen LogP contribution in [-0.4, -0.2) is 20.0 Å². The zero-order valence-electron chi connectivity index (χ0n) is 14.7. The van der Waals surface area contributed by atoms with Crippen LogP contribution in [0.3, 0.4) is 0 Å². The van der Waals surface area contributed by atoms with Gasteiger partial charge in [-0.05, 0) is 52.5 Å². The van der Waals surface area contributed by atoms with Crippen molar-refractivity contribution in [3.05, 3.63) is 46.1 Å². The number of aromatic nitrogens is 3. The number of thiol groups is 1. The van der Waals surface area contributed by atoms with Crippen LogP contribution < -0.4 is 5.32 Å². The fourth-order valence-corrected chi connectivity index (χ4v) is 3.59. The van der Waals surface area contributed by atoms with Crippen molar-refractivity contribution >= 4 is 40.2 Å². The Morgan fingerprint density at radius 3 is 2.74 bits per heavy atom. The first-order valence-corrected chi connectivity index (χ1v) is 9.69. The first-order chi connectivity index (χ1) is 12.7. The summed E-state index contributed by atoms with van der Waals surface area (Å²) in [6.45, 7) is 3.88. The Hall–Kier alpha value is -1.74. The van der Waals surface area contributed by atoms with Crippen molar-refractivity contribution in [2.45, 2.75) is 38.2 Å². The second kappa shape index (κ2) is 7.71. The van der Waals surface area contributed by atoms with E-state index in [-0.39, 0.29) is 5.37 Å². The van der Waals surface area contributed by atoms with E-state index in [9.17, 15) is 13.2 Å². The average Bonchev–Trinajstić information content (AvgIpc) is 2.96. The minimum absolute atomic E-state index is 0.103. The molecule has 0 aliphatic heterocycles. The van der Waals surface area contributed by atoms with Crippen LogP contribution in [0.25, 0.3) is 16.8 Å². The van der Waals surface area contributed by atoms with Gasteiger partial charge in [0.25, 0.3) is 0 Å². The summed E-state index contributed by atoms with van der Waals surface area (Å²) in [5.41, 5.74) is 1.60. The zero-order chi connectivity index (χ0) is 19.8. The molecule has 3 rings (SSSR count). The van der Waals surface area contributed by atoms with E-state index >= 15 is 0 Å². The van der Waals surface area contributed by atoms with Gasteiger partial charge in [0, 0.05) is 16.2 Å². The maximum atomic E-state index is 13.1. The van der Waals surface area contributed by atoms with Crippen LogP contribution in [0.4, 0.5) is 19.1 Å². The van der Waals surface area contributed by atoms with E-state index in [1.54, 1.807) is 16.8 Å². The summed E-state index contributed by atoms with van der Waals surface area (Å²) in [5, 5.41) is 7.40. The molecule has 0 saturated carbocycles. The van der Waals surface area contributed by atoms with Crippen LogP contribution in [0.1, 0.15) is 30.9 Å². The maximum absolute atomic E-state index is 13.1. The highest BCUT2D eigenvalue weighted by Crippen LogP contribution is 2.36. The molecule has 144 valence electrons. The summed E-state index contributed by atoms with van der Waals surface area (Å²) in [6.07, 6.45) is -0.879. The zero-order valence-corrected chi connectivity index (χ0v) is 17.2. The third-order valence-corrected chi connectivity index (χ3v) is 5.35. The van der Waals surface area contributed by atoms with Gasteiger partial charge in [0.1, 0.15) is 0 Å². The third kappa shape index (κ3) is 4.24. The maximum Gasteiger partial charge on any atom is 0.416 e. The summed E-state index contributed by atoms with van der Waals surface area (Å²) >= 11 is 7.91. The molecule has 0 aliphatic rings. The van der Waals surface area contributed by atoms with Crippen molar-refractivity contribution < 1.29 is 13.2 Å². The summed E-state index contributed by atoms with van der Waals surface area (Å²) < 4.78 is 41.7. The monoisotopic (exact) mass is 458 g/mol. The molecule has 0 radical (unpaired) electrons. The molecule has 0 fully saturated rings. The van der Waals surface area contributed by atoms with E-state index in [1.807, 2.05) is 13.8 Å². The quantitative estimate of drug-likeness (QED) is 0.366. The predicted molar refractivity (Wildman–Crippen MR) is 107 cm³/mol. The van der Waals surface area contributed by atoms with Crippen molar-refractivity contribution in [3.8, 4) is 11.1 Å². The number of hydrogen-bond donors (Lipinski definition) is 2. The van der Waals surface area contributed by atoms with Crippen LogP contribution in [0.5, 0.6) is 0 Å². The van der Waals surface area contributed by atoms with Gasteiger partial charge in [-0.1, -0.05) is 25.5 Å². The second-order valence-corrected chi connectivity index (χ2v) is 7.69. The number of halogens is 4. The lowest BCUT2D eigenvalue weighted by Gasteiger charge is -2.12. The van der Waals surface area contributed by atoms with E-state index in [4.69, 9.17) is 0 Å². The van der Waals surface area contributed by atoms with E-state index in [0.29, 0.717) is 22.7 Å². The number of fused-ring (bicyclic) bond motifs is 1. The molecule has 3 aromatic rings. The topological polar surface area (TPSA) is 42.2 Å². The molecule has 1 atom stereocenters. The number of nitrogens with zero attached hydrogens (tertiary/aromatic N) is 3. The number of rotatable bonds is 5. The molecule has 0 saturated heterocycles. The number of hydrogen-bond acceptors (Lipinski definition) is 4. The number of pyridine rings is 1. The van der Waals surface area contributed by atoms with E-state index < -0.39 is 11.7 Å². The summed E-state index contributed by atoms with van der Waals surface area (Å²) in [4.78, 5) is 4.49. The molecule has 0 bridgehead atoms. The van der Waals surface area contributed by atoms with Gasteiger partial charge < -0.3 is 5.32 Å². The molecule has 1 N–H and O–H groups in total. The molecule has 1 unspecified atom stereocenters. The molecule has 2 aromatic heterocycles. The number of anilines is 1. The Kier molecular flexibility index (Phi) is 5.71. The summed E-state index contributed by atoms with van der Waals surface area (Å²) in [6, 6.07) is 5.23. The molecule has 2 heterocycles. The predicted octanol–water partition coefficient (Wildman–Crippen LogP) is 5.95. The van der Waals surface area contributed by atoms with Gasteiger partial charge >= 0.3 is 6.18 Å². The van der Waals surface area contributed by atoms with Gasteiger partial charge in [0.05, 0.1) is 10.9 Å². The average molecular weight is 459 g/mol. The largest absolute Gasteiger partial charge is 0.416 e. The lowest BCUT2D eigenvalue weighted by molar-refractivity contribution is -0.137. The Labute approximate surface area is 168 Å². The van der Waals surface area contributed by atoms with Gasteiger partial charge in [-0.15, -0.1) is 5.10 Å². The first kappa shape index (κ1) is 20.0. The van der Waals surface area contributed by atoms with E-state index in [0.717, 1.165) is 35.0 Å². The minimum Gasteiger partial charge on any atom is -0.341 e. The first-order valence-electron chi connectivity index (χ1n) is 8.38. The molecule has 27 heavy (non-hydrogen) atoms. The third-order valence-electron chi connectivity index (χ3n) is 4.16. The van der Waals surface area contributed by atoms with Crippen LogP contribution >= 0.6 is 28.6 Å². The molecule has 4 nitrogen and oxygen atoms in total. The van der Waals surface area contributed by atoms with Crippen molar-refractivity contribution in [2.75, 3.05) is 5.32 Å². The molecule has 0 aliphatic carbocycles. The molecule has 9 heteroatoms. The van der Waals surface area contributed by atoms with Crippen LogP contribution in [0.15, 0.2) is 34.9 Å². The van der Waals surface area contributed by atoms with Gasteiger partial charge in [-0.3, -0.25) is 0 Å². The fourth-order valence-electron chi connectivity index (χ4n) is 2.83. The van der Waals surface area contributed by atoms with Crippen LogP contribution in [0.2, 0.25) is 0 Å².